The summed E-state index contributed by atoms with van der Waals surface area (Å²) < 4.78 is 41.7. The van der Waals surface area contributed by atoms with E-state index in [4.69, 9.17) is 11.6 Å². The Morgan fingerprint density at radius 2 is 1.94 bits per heavy atom. The highest BCUT2D eigenvalue weighted by Gasteiger charge is 2.28. The van der Waals surface area contributed by atoms with Gasteiger partial charge in [-0.2, -0.15) is 9.41 Å². The fraction of sp³-hybridized carbons (Fsp3) is 0.136. The summed E-state index contributed by atoms with van der Waals surface area (Å²) >= 11 is 6.09. The predicted molar refractivity (Wildman–Crippen MR) is 120 cm³/mol. The number of aromatic nitrogens is 1. The number of halogens is 2. The van der Waals surface area contributed by atoms with Gasteiger partial charge in [-0.15, -0.1) is 0 Å². The molecule has 0 bridgehead atoms. The van der Waals surface area contributed by atoms with Gasteiger partial charge in [0.2, 0.25) is 10.0 Å². The number of nitrogens with zero attached hydrogens (tertiary/aromatic N) is 3. The number of hydrogen-bond acceptors (Lipinski definition) is 5. The van der Waals surface area contributed by atoms with Gasteiger partial charge in [-0.3, -0.25) is 9.78 Å². The van der Waals surface area contributed by atoms with Crippen LogP contribution in [0, 0.1) is 12.7 Å². The molecule has 3 rings (SSSR count). The van der Waals surface area contributed by atoms with E-state index in [1.807, 2.05) is 6.92 Å². The Morgan fingerprint density at radius 1 is 1.19 bits per heavy atom. The first-order valence-corrected chi connectivity index (χ1v) is 11.3. The van der Waals surface area contributed by atoms with Gasteiger partial charge >= 0.3 is 0 Å². The van der Waals surface area contributed by atoms with Crippen LogP contribution < -0.4 is 5.43 Å². The third-order valence-electron chi connectivity index (χ3n) is 4.46. The number of amides is 1. The van der Waals surface area contributed by atoms with Crippen LogP contribution in [0.1, 0.15) is 16.7 Å². The summed E-state index contributed by atoms with van der Waals surface area (Å²) in [6.07, 6.45) is 4.51. The fourth-order valence-corrected chi connectivity index (χ4v) is 4.36. The van der Waals surface area contributed by atoms with Crippen molar-refractivity contribution in [2.24, 2.45) is 5.10 Å². The van der Waals surface area contributed by atoms with Gasteiger partial charge in [0.05, 0.1) is 17.7 Å². The number of sulfonamides is 1. The topological polar surface area (TPSA) is 91.7 Å². The van der Waals surface area contributed by atoms with Gasteiger partial charge in [-0.1, -0.05) is 41.4 Å². The maximum Gasteiger partial charge on any atom is 0.255 e. The van der Waals surface area contributed by atoms with Gasteiger partial charge in [-0.25, -0.2) is 18.2 Å². The molecule has 32 heavy (non-hydrogen) atoms. The minimum absolute atomic E-state index is 0.0257. The van der Waals surface area contributed by atoms with E-state index in [1.54, 1.807) is 36.7 Å². The van der Waals surface area contributed by atoms with Crippen molar-refractivity contribution in [3.05, 3.63) is 94.5 Å². The van der Waals surface area contributed by atoms with Crippen LogP contribution >= 0.6 is 11.6 Å². The summed E-state index contributed by atoms with van der Waals surface area (Å²) in [4.78, 5) is 16.4. The van der Waals surface area contributed by atoms with Crippen LogP contribution in [0.15, 0.2) is 77.0 Å². The zero-order valence-corrected chi connectivity index (χ0v) is 18.6. The predicted octanol–water partition coefficient (Wildman–Crippen LogP) is 3.52. The fourth-order valence-electron chi connectivity index (χ4n) is 2.77. The van der Waals surface area contributed by atoms with Crippen molar-refractivity contribution in [2.75, 3.05) is 6.54 Å². The van der Waals surface area contributed by atoms with Crippen molar-refractivity contribution in [2.45, 2.75) is 18.4 Å². The Morgan fingerprint density at radius 3 is 2.59 bits per heavy atom. The van der Waals surface area contributed by atoms with Crippen molar-refractivity contribution < 1.29 is 17.6 Å². The van der Waals surface area contributed by atoms with E-state index in [0.717, 1.165) is 9.87 Å². The lowest BCUT2D eigenvalue weighted by molar-refractivity contribution is -0.121. The molecule has 10 heteroatoms. The summed E-state index contributed by atoms with van der Waals surface area (Å²) in [5.74, 6) is -1.37. The molecule has 2 aromatic carbocycles. The van der Waals surface area contributed by atoms with Crippen molar-refractivity contribution in [3.8, 4) is 0 Å². The highest BCUT2D eigenvalue weighted by molar-refractivity contribution is 7.89. The molecule has 0 fully saturated rings. The monoisotopic (exact) mass is 474 g/mol. The average Bonchev–Trinajstić information content (AvgIpc) is 2.76. The molecule has 0 aliphatic carbocycles. The number of carbonyl (C=O) groups is 1. The number of rotatable bonds is 8. The molecule has 1 N–H and O–H groups in total. The van der Waals surface area contributed by atoms with E-state index in [-0.39, 0.29) is 15.5 Å². The van der Waals surface area contributed by atoms with Crippen molar-refractivity contribution in [1.29, 1.82) is 0 Å². The first-order chi connectivity index (χ1) is 15.3. The molecule has 0 aliphatic heterocycles. The average molecular weight is 475 g/mol. The van der Waals surface area contributed by atoms with Crippen LogP contribution in [-0.4, -0.2) is 36.4 Å². The zero-order chi connectivity index (χ0) is 23.1. The number of carbonyl (C=O) groups excluding carboxylic acids is 1. The van der Waals surface area contributed by atoms with Crippen molar-refractivity contribution >= 4 is 33.7 Å². The van der Waals surface area contributed by atoms with Gasteiger partial charge in [0.25, 0.3) is 5.91 Å². The molecule has 0 saturated carbocycles. The second-order valence-corrected chi connectivity index (χ2v) is 9.21. The summed E-state index contributed by atoms with van der Waals surface area (Å²) in [5, 5.41) is 3.88. The third-order valence-corrected chi connectivity index (χ3v) is 6.62. The number of pyridine rings is 1. The summed E-state index contributed by atoms with van der Waals surface area (Å²) in [7, 11) is -4.14. The molecule has 0 atom stereocenters. The van der Waals surface area contributed by atoms with Crippen molar-refractivity contribution in [3.63, 3.8) is 0 Å². The van der Waals surface area contributed by atoms with E-state index in [2.05, 4.69) is 15.5 Å². The van der Waals surface area contributed by atoms with Crippen LogP contribution in [0.4, 0.5) is 4.39 Å². The second kappa shape index (κ2) is 10.4. The molecule has 0 aliphatic rings. The molecular weight excluding hydrogens is 455 g/mol. The molecule has 166 valence electrons. The van der Waals surface area contributed by atoms with Gasteiger partial charge in [0.1, 0.15) is 5.82 Å². The standard InChI is InChI=1S/C22H20ClFN4O3S/c1-16-7-9-18(10-8-16)32(30,31)28(14-19-20(23)5-2-6-21(19)24)15-22(29)27-26-13-17-4-3-11-25-12-17/h2-13H,14-15H2,1H3,(H,27,29)/b26-13-. The molecule has 1 aromatic heterocycles. The lowest BCUT2D eigenvalue weighted by Gasteiger charge is -2.22. The maximum absolute atomic E-state index is 14.3. The van der Waals surface area contributed by atoms with Gasteiger partial charge in [0.15, 0.2) is 0 Å². The van der Waals surface area contributed by atoms with Gasteiger partial charge in [-0.05, 0) is 37.3 Å². The SMILES string of the molecule is Cc1ccc(S(=O)(=O)N(CC(=O)N/N=C\c2cccnc2)Cc2c(F)cccc2Cl)cc1. The van der Waals surface area contributed by atoms with Crippen LogP contribution in [-0.2, 0) is 21.4 Å². The number of nitrogens with one attached hydrogen (secondary N) is 1. The van der Waals surface area contributed by atoms with Gasteiger partial charge in [0, 0.05) is 35.1 Å². The zero-order valence-electron chi connectivity index (χ0n) is 17.1. The number of benzene rings is 2. The largest absolute Gasteiger partial charge is 0.272 e. The second-order valence-electron chi connectivity index (χ2n) is 6.87. The van der Waals surface area contributed by atoms with Crippen LogP contribution in [0.2, 0.25) is 5.02 Å². The molecular formula is C22H20ClFN4O3S. The number of hydrogen-bond donors (Lipinski definition) is 1. The van der Waals surface area contributed by atoms with Crippen LogP contribution in [0.25, 0.3) is 0 Å². The smallest absolute Gasteiger partial charge is 0.255 e. The minimum atomic E-state index is -4.14. The Labute approximate surface area is 190 Å². The molecule has 0 spiro atoms. The molecule has 1 heterocycles. The highest BCUT2D eigenvalue weighted by Crippen LogP contribution is 2.24. The van der Waals surface area contributed by atoms with E-state index >= 15 is 0 Å². The Kier molecular flexibility index (Phi) is 7.68. The van der Waals surface area contributed by atoms with Gasteiger partial charge < -0.3 is 0 Å². The maximum atomic E-state index is 14.3. The minimum Gasteiger partial charge on any atom is -0.272 e. The molecule has 1 amide bonds. The normalized spacial score (nSPS) is 11.8. The Bertz CT molecular complexity index is 1200. The van der Waals surface area contributed by atoms with E-state index in [1.165, 1.54) is 36.5 Å². The highest BCUT2D eigenvalue weighted by atomic mass is 35.5. The summed E-state index contributed by atoms with van der Waals surface area (Å²) in [6.45, 7) is 0.799. The van der Waals surface area contributed by atoms with Crippen LogP contribution in [0.3, 0.4) is 0 Å². The van der Waals surface area contributed by atoms with E-state index in [9.17, 15) is 17.6 Å². The van der Waals surface area contributed by atoms with E-state index < -0.39 is 34.8 Å². The molecule has 0 saturated heterocycles. The molecule has 0 unspecified atom stereocenters. The lowest BCUT2D eigenvalue weighted by atomic mass is 10.2. The lowest BCUT2D eigenvalue weighted by Crippen LogP contribution is -2.39. The Hall–Kier alpha value is -3.14. The summed E-state index contributed by atoms with van der Waals surface area (Å²) in [6, 6.07) is 13.6. The Balaban J connectivity index is 1.85. The van der Waals surface area contributed by atoms with E-state index in [0.29, 0.717) is 5.56 Å². The summed E-state index contributed by atoms with van der Waals surface area (Å²) in [5.41, 5.74) is 3.77. The van der Waals surface area contributed by atoms with Crippen LogP contribution in [0.5, 0.6) is 0 Å². The number of hydrazone groups is 1. The molecule has 3 aromatic rings. The first kappa shape index (κ1) is 23.5. The van der Waals surface area contributed by atoms with Crippen molar-refractivity contribution in [1.82, 2.24) is 14.7 Å². The molecule has 7 nitrogen and oxygen atoms in total. The quantitative estimate of drug-likeness (QED) is 0.399. The first-order valence-electron chi connectivity index (χ1n) is 9.49. The third kappa shape index (κ3) is 5.97. The molecule has 0 radical (unpaired) electrons. The number of aryl methyl sites for hydroxylation is 1.